The second-order valence-corrected chi connectivity index (χ2v) is 4.71. The Morgan fingerprint density at radius 3 is 2.48 bits per heavy atom. The summed E-state index contributed by atoms with van der Waals surface area (Å²) in [6.45, 7) is 1.73. The summed E-state index contributed by atoms with van der Waals surface area (Å²) in [5.41, 5.74) is 1.51. The number of benzene rings is 1. The number of aliphatic carboxylic acids is 1. The molecule has 1 amide bonds. The van der Waals surface area contributed by atoms with Crippen LogP contribution in [0.15, 0.2) is 47.1 Å². The van der Waals surface area contributed by atoms with E-state index in [2.05, 4.69) is 0 Å². The van der Waals surface area contributed by atoms with Crippen LogP contribution in [0.25, 0.3) is 11.1 Å². The minimum Gasteiger partial charge on any atom is -0.480 e. The fourth-order valence-corrected chi connectivity index (χ4v) is 2.24. The normalized spacial score (nSPS) is 11.9. The van der Waals surface area contributed by atoms with Crippen LogP contribution in [0.5, 0.6) is 0 Å². The van der Waals surface area contributed by atoms with Gasteiger partial charge in [-0.3, -0.25) is 4.79 Å². The molecule has 1 heterocycles. The lowest BCUT2D eigenvalue weighted by atomic mass is 10.1. The van der Waals surface area contributed by atoms with Crippen LogP contribution in [0.4, 0.5) is 0 Å². The minimum atomic E-state index is -1.03. The van der Waals surface area contributed by atoms with E-state index in [1.165, 1.54) is 18.2 Å². The average Bonchev–Trinajstić information content (AvgIpc) is 2.97. The Labute approximate surface area is 122 Å². The molecule has 0 radical (unpaired) electrons. The number of furan rings is 1. The van der Waals surface area contributed by atoms with Crippen molar-refractivity contribution in [2.75, 3.05) is 7.05 Å². The molecule has 1 atom stereocenters. The number of carbonyl (C=O) groups is 2. The summed E-state index contributed by atoms with van der Waals surface area (Å²) in [6.07, 6.45) is 1.77. The molecule has 0 aliphatic rings. The Morgan fingerprint density at radius 2 is 1.90 bits per heavy atom. The van der Waals surface area contributed by atoms with Gasteiger partial charge in [0.2, 0.25) is 0 Å². The lowest BCUT2D eigenvalue weighted by Gasteiger charge is -2.23. The molecule has 1 aromatic heterocycles. The molecule has 0 saturated carbocycles. The number of carboxylic acid groups (broad SMARTS) is 1. The van der Waals surface area contributed by atoms with Crippen LogP contribution in [0.3, 0.4) is 0 Å². The first kappa shape index (κ1) is 14.8. The zero-order chi connectivity index (χ0) is 15.4. The number of hydrogen-bond acceptors (Lipinski definition) is 3. The van der Waals surface area contributed by atoms with Crippen molar-refractivity contribution in [1.82, 2.24) is 4.90 Å². The van der Waals surface area contributed by atoms with Gasteiger partial charge >= 0.3 is 5.97 Å². The maximum atomic E-state index is 12.5. The molecule has 5 heteroatoms. The van der Waals surface area contributed by atoms with E-state index < -0.39 is 17.9 Å². The van der Waals surface area contributed by atoms with Crippen LogP contribution >= 0.6 is 0 Å². The van der Waals surface area contributed by atoms with Crippen molar-refractivity contribution in [3.8, 4) is 11.1 Å². The lowest BCUT2D eigenvalue weighted by molar-refractivity contribution is -0.142. The highest BCUT2D eigenvalue weighted by atomic mass is 16.4. The molecule has 0 spiro atoms. The maximum absolute atomic E-state index is 12.5. The Balaban J connectivity index is 2.33. The first-order valence-electron chi connectivity index (χ1n) is 6.69. The third-order valence-corrected chi connectivity index (χ3v) is 3.40. The molecule has 0 aliphatic carbocycles. The smallest absolute Gasteiger partial charge is 0.326 e. The fraction of sp³-hybridized carbons (Fsp3) is 0.250. The van der Waals surface area contributed by atoms with Crippen LogP contribution in [0.1, 0.15) is 23.9 Å². The second-order valence-electron chi connectivity index (χ2n) is 4.71. The SMILES string of the molecule is CCC(C(=O)O)N(C)C(=O)c1occc1-c1ccccc1. The number of rotatable bonds is 5. The molecule has 1 unspecified atom stereocenters. The first-order valence-corrected chi connectivity index (χ1v) is 6.69. The summed E-state index contributed by atoms with van der Waals surface area (Å²) >= 11 is 0. The Bertz CT molecular complexity index is 633. The van der Waals surface area contributed by atoms with Gasteiger partial charge < -0.3 is 14.4 Å². The molecule has 0 fully saturated rings. The Hall–Kier alpha value is -2.56. The highest BCUT2D eigenvalue weighted by molar-refractivity contribution is 5.99. The van der Waals surface area contributed by atoms with E-state index in [1.807, 2.05) is 30.3 Å². The second kappa shape index (κ2) is 6.26. The summed E-state index contributed by atoms with van der Waals surface area (Å²) in [4.78, 5) is 24.9. The zero-order valence-corrected chi connectivity index (χ0v) is 11.9. The predicted octanol–water partition coefficient (Wildman–Crippen LogP) is 2.88. The van der Waals surface area contributed by atoms with E-state index in [4.69, 9.17) is 9.52 Å². The van der Waals surface area contributed by atoms with Crippen LogP contribution in [-0.4, -0.2) is 35.0 Å². The molecule has 110 valence electrons. The molecule has 1 aromatic carbocycles. The van der Waals surface area contributed by atoms with E-state index in [0.717, 1.165) is 5.56 Å². The van der Waals surface area contributed by atoms with E-state index in [-0.39, 0.29) is 5.76 Å². The van der Waals surface area contributed by atoms with Crippen LogP contribution in [0, 0.1) is 0 Å². The fourth-order valence-electron chi connectivity index (χ4n) is 2.24. The van der Waals surface area contributed by atoms with Crippen molar-refractivity contribution in [2.45, 2.75) is 19.4 Å². The van der Waals surface area contributed by atoms with Gasteiger partial charge in [0.1, 0.15) is 6.04 Å². The predicted molar refractivity (Wildman–Crippen MR) is 78.0 cm³/mol. The molecule has 2 rings (SSSR count). The molecule has 0 aliphatic heterocycles. The van der Waals surface area contributed by atoms with Gasteiger partial charge in [-0.25, -0.2) is 4.79 Å². The van der Waals surface area contributed by atoms with Gasteiger partial charge in [-0.15, -0.1) is 0 Å². The molecular formula is C16H17NO4. The summed E-state index contributed by atoms with van der Waals surface area (Å²) in [5.74, 6) is -1.31. The van der Waals surface area contributed by atoms with Gasteiger partial charge in [0.15, 0.2) is 5.76 Å². The number of likely N-dealkylation sites (N-methyl/N-ethyl adjacent to an activating group) is 1. The topological polar surface area (TPSA) is 70.8 Å². The molecule has 5 nitrogen and oxygen atoms in total. The lowest BCUT2D eigenvalue weighted by Crippen LogP contribution is -2.42. The van der Waals surface area contributed by atoms with Crippen LogP contribution < -0.4 is 0 Å². The number of amides is 1. The van der Waals surface area contributed by atoms with Gasteiger partial charge in [0.25, 0.3) is 5.91 Å². The van der Waals surface area contributed by atoms with Crippen molar-refractivity contribution in [3.05, 3.63) is 48.4 Å². The van der Waals surface area contributed by atoms with Crippen molar-refractivity contribution in [1.29, 1.82) is 0 Å². The molecule has 0 saturated heterocycles. The van der Waals surface area contributed by atoms with Crippen molar-refractivity contribution in [3.63, 3.8) is 0 Å². The van der Waals surface area contributed by atoms with Crippen molar-refractivity contribution >= 4 is 11.9 Å². The molecule has 1 N–H and O–H groups in total. The van der Waals surface area contributed by atoms with E-state index >= 15 is 0 Å². The van der Waals surface area contributed by atoms with Crippen molar-refractivity contribution in [2.24, 2.45) is 0 Å². The molecule has 0 bridgehead atoms. The number of carbonyl (C=O) groups excluding carboxylic acids is 1. The molecule has 2 aromatic rings. The number of hydrogen-bond donors (Lipinski definition) is 1. The number of carboxylic acids is 1. The quantitative estimate of drug-likeness (QED) is 0.918. The molecule has 21 heavy (non-hydrogen) atoms. The highest BCUT2D eigenvalue weighted by Gasteiger charge is 2.28. The Morgan fingerprint density at radius 1 is 1.24 bits per heavy atom. The maximum Gasteiger partial charge on any atom is 0.326 e. The summed E-state index contributed by atoms with van der Waals surface area (Å²) < 4.78 is 5.29. The largest absolute Gasteiger partial charge is 0.480 e. The summed E-state index contributed by atoms with van der Waals surface area (Å²) in [6, 6.07) is 10.2. The molecular weight excluding hydrogens is 270 g/mol. The third-order valence-electron chi connectivity index (χ3n) is 3.40. The highest BCUT2D eigenvalue weighted by Crippen LogP contribution is 2.26. The zero-order valence-electron chi connectivity index (χ0n) is 11.9. The van der Waals surface area contributed by atoms with Crippen LogP contribution in [-0.2, 0) is 4.79 Å². The third kappa shape index (κ3) is 2.97. The monoisotopic (exact) mass is 287 g/mol. The van der Waals surface area contributed by atoms with Gasteiger partial charge in [0, 0.05) is 12.6 Å². The van der Waals surface area contributed by atoms with E-state index in [9.17, 15) is 9.59 Å². The Kier molecular flexibility index (Phi) is 4.42. The van der Waals surface area contributed by atoms with Gasteiger partial charge in [-0.2, -0.15) is 0 Å². The summed E-state index contributed by atoms with van der Waals surface area (Å²) in [5, 5.41) is 9.15. The van der Waals surface area contributed by atoms with Crippen LogP contribution in [0.2, 0.25) is 0 Å². The first-order chi connectivity index (χ1) is 10.1. The number of nitrogens with zero attached hydrogens (tertiary/aromatic N) is 1. The minimum absolute atomic E-state index is 0.156. The van der Waals surface area contributed by atoms with Gasteiger partial charge in [-0.05, 0) is 18.1 Å². The van der Waals surface area contributed by atoms with Crippen molar-refractivity contribution < 1.29 is 19.1 Å². The van der Waals surface area contributed by atoms with E-state index in [0.29, 0.717) is 12.0 Å². The van der Waals surface area contributed by atoms with Gasteiger partial charge in [0.05, 0.1) is 6.26 Å². The van der Waals surface area contributed by atoms with Gasteiger partial charge in [-0.1, -0.05) is 37.3 Å². The standard InChI is InChI=1S/C16H17NO4/c1-3-13(16(19)20)17(2)15(18)14-12(9-10-21-14)11-7-5-4-6-8-11/h4-10,13H,3H2,1-2H3,(H,19,20). The average molecular weight is 287 g/mol. The summed E-state index contributed by atoms with van der Waals surface area (Å²) in [7, 11) is 1.47. The van der Waals surface area contributed by atoms with E-state index in [1.54, 1.807) is 13.0 Å².